The van der Waals surface area contributed by atoms with Crippen LogP contribution in [0, 0.1) is 0 Å². The summed E-state index contributed by atoms with van der Waals surface area (Å²) in [7, 11) is 0. The van der Waals surface area contributed by atoms with Gasteiger partial charge in [-0.05, 0) is 26.8 Å². The Hall–Kier alpha value is -1.55. The first-order chi connectivity index (χ1) is 9.38. The second-order valence-corrected chi connectivity index (χ2v) is 6.34. The molecule has 1 aliphatic rings. The van der Waals surface area contributed by atoms with Gasteiger partial charge in [-0.25, -0.2) is 0 Å². The number of piperazine rings is 1. The van der Waals surface area contributed by atoms with Crippen LogP contribution in [0.4, 0.5) is 0 Å². The third-order valence-electron chi connectivity index (χ3n) is 3.91. The molecule has 0 bridgehead atoms. The number of amides is 1. The second-order valence-electron chi connectivity index (χ2n) is 6.34. The molecule has 1 amide bonds. The minimum absolute atomic E-state index is 0.0973. The monoisotopic (exact) mass is 276 g/mol. The van der Waals surface area contributed by atoms with E-state index in [0.29, 0.717) is 5.56 Å². The smallest absolute Gasteiger partial charge is 0.227 e. The third-order valence-corrected chi connectivity index (χ3v) is 3.91. The van der Waals surface area contributed by atoms with E-state index in [2.05, 4.69) is 25.7 Å². The molecule has 20 heavy (non-hydrogen) atoms. The fourth-order valence-electron chi connectivity index (χ4n) is 2.56. The maximum absolute atomic E-state index is 12.3. The maximum Gasteiger partial charge on any atom is 0.227 e. The van der Waals surface area contributed by atoms with Gasteiger partial charge in [-0.2, -0.15) is 0 Å². The molecule has 1 fully saturated rings. The standard InChI is InChI=1S/C16H24N2O2/c1-16(2,3)18-10-8-17(9-11-18)15(20)12-13-6-4-5-7-14(13)19/h4-7,19H,8-12H2,1-3H3. The molecule has 1 heterocycles. The highest BCUT2D eigenvalue weighted by molar-refractivity contribution is 5.79. The van der Waals surface area contributed by atoms with Crippen LogP contribution >= 0.6 is 0 Å². The van der Waals surface area contributed by atoms with E-state index in [4.69, 9.17) is 0 Å². The molecule has 4 nitrogen and oxygen atoms in total. The Morgan fingerprint density at radius 1 is 1.15 bits per heavy atom. The Labute approximate surface area is 121 Å². The highest BCUT2D eigenvalue weighted by atomic mass is 16.3. The molecule has 0 radical (unpaired) electrons. The van der Waals surface area contributed by atoms with Crippen LogP contribution in [0.5, 0.6) is 5.75 Å². The summed E-state index contributed by atoms with van der Waals surface area (Å²) in [6.07, 6.45) is 0.280. The molecule has 1 N–H and O–H groups in total. The van der Waals surface area contributed by atoms with Crippen molar-refractivity contribution in [1.29, 1.82) is 0 Å². The molecule has 0 atom stereocenters. The average Bonchev–Trinajstić information content (AvgIpc) is 2.40. The number of hydrogen-bond acceptors (Lipinski definition) is 3. The first-order valence-corrected chi connectivity index (χ1v) is 7.17. The largest absolute Gasteiger partial charge is 0.508 e. The van der Waals surface area contributed by atoms with Crippen molar-refractivity contribution < 1.29 is 9.90 Å². The van der Waals surface area contributed by atoms with E-state index in [1.807, 2.05) is 11.0 Å². The van der Waals surface area contributed by atoms with Crippen LogP contribution in [0.2, 0.25) is 0 Å². The number of carbonyl (C=O) groups excluding carboxylic acids is 1. The molecule has 0 spiro atoms. The van der Waals surface area contributed by atoms with Gasteiger partial charge in [0.05, 0.1) is 6.42 Å². The van der Waals surface area contributed by atoms with E-state index in [-0.39, 0.29) is 23.6 Å². The summed E-state index contributed by atoms with van der Waals surface area (Å²) in [5.41, 5.74) is 0.864. The molecule has 1 saturated heterocycles. The van der Waals surface area contributed by atoms with Gasteiger partial charge in [0.25, 0.3) is 0 Å². The van der Waals surface area contributed by atoms with Crippen molar-refractivity contribution in [2.24, 2.45) is 0 Å². The molecular weight excluding hydrogens is 252 g/mol. The zero-order valence-corrected chi connectivity index (χ0v) is 12.6. The first kappa shape index (κ1) is 14.9. The first-order valence-electron chi connectivity index (χ1n) is 7.17. The Balaban J connectivity index is 1.91. The number of nitrogens with zero attached hydrogens (tertiary/aromatic N) is 2. The summed E-state index contributed by atoms with van der Waals surface area (Å²) in [5.74, 6) is 0.300. The van der Waals surface area contributed by atoms with Crippen LogP contribution in [0.25, 0.3) is 0 Å². The van der Waals surface area contributed by atoms with Crippen molar-refractivity contribution in [2.75, 3.05) is 26.2 Å². The topological polar surface area (TPSA) is 43.8 Å². The van der Waals surface area contributed by atoms with Crippen molar-refractivity contribution in [2.45, 2.75) is 32.7 Å². The number of aromatic hydroxyl groups is 1. The van der Waals surface area contributed by atoms with Crippen LogP contribution in [-0.2, 0) is 11.2 Å². The Morgan fingerprint density at radius 3 is 2.30 bits per heavy atom. The normalized spacial score (nSPS) is 17.2. The molecule has 0 aromatic heterocycles. The number of phenols is 1. The fourth-order valence-corrected chi connectivity index (χ4v) is 2.56. The van der Waals surface area contributed by atoms with Gasteiger partial charge in [0, 0.05) is 37.3 Å². The van der Waals surface area contributed by atoms with Gasteiger partial charge < -0.3 is 10.0 Å². The molecule has 1 aliphatic heterocycles. The van der Waals surface area contributed by atoms with Crippen LogP contribution in [-0.4, -0.2) is 52.5 Å². The number of para-hydroxylation sites is 1. The van der Waals surface area contributed by atoms with Crippen LogP contribution in [0.3, 0.4) is 0 Å². The molecule has 2 rings (SSSR count). The van der Waals surface area contributed by atoms with Crippen molar-refractivity contribution in [1.82, 2.24) is 9.80 Å². The van der Waals surface area contributed by atoms with Gasteiger partial charge in [0.2, 0.25) is 5.91 Å². The minimum atomic E-state index is 0.0973. The Morgan fingerprint density at radius 2 is 1.75 bits per heavy atom. The molecule has 0 aliphatic carbocycles. The van der Waals surface area contributed by atoms with Crippen molar-refractivity contribution in [3.63, 3.8) is 0 Å². The van der Waals surface area contributed by atoms with Crippen LogP contribution in [0.15, 0.2) is 24.3 Å². The lowest BCUT2D eigenvalue weighted by molar-refractivity contribution is -0.133. The highest BCUT2D eigenvalue weighted by Crippen LogP contribution is 2.19. The van der Waals surface area contributed by atoms with Gasteiger partial charge in [0.15, 0.2) is 0 Å². The molecule has 1 aromatic rings. The lowest BCUT2D eigenvalue weighted by Crippen LogP contribution is -2.54. The van der Waals surface area contributed by atoms with E-state index in [1.54, 1.807) is 18.2 Å². The predicted molar refractivity (Wildman–Crippen MR) is 79.7 cm³/mol. The zero-order valence-electron chi connectivity index (χ0n) is 12.6. The summed E-state index contributed by atoms with van der Waals surface area (Å²) >= 11 is 0. The van der Waals surface area contributed by atoms with E-state index in [0.717, 1.165) is 26.2 Å². The predicted octanol–water partition coefficient (Wildman–Crippen LogP) is 1.88. The minimum Gasteiger partial charge on any atom is -0.508 e. The zero-order chi connectivity index (χ0) is 14.8. The van der Waals surface area contributed by atoms with Crippen molar-refractivity contribution >= 4 is 5.91 Å². The molecule has 1 aromatic carbocycles. The molecule has 0 saturated carbocycles. The molecule has 110 valence electrons. The Bertz CT molecular complexity index is 472. The highest BCUT2D eigenvalue weighted by Gasteiger charge is 2.27. The summed E-state index contributed by atoms with van der Waals surface area (Å²) in [6, 6.07) is 7.05. The summed E-state index contributed by atoms with van der Waals surface area (Å²) in [4.78, 5) is 16.6. The lowest BCUT2D eigenvalue weighted by Gasteiger charge is -2.42. The molecule has 0 unspecified atom stereocenters. The quantitative estimate of drug-likeness (QED) is 0.897. The van der Waals surface area contributed by atoms with Gasteiger partial charge in [-0.1, -0.05) is 18.2 Å². The maximum atomic E-state index is 12.3. The number of phenolic OH excluding ortho intramolecular Hbond substituents is 1. The van der Waals surface area contributed by atoms with Gasteiger partial charge in [-0.15, -0.1) is 0 Å². The summed E-state index contributed by atoms with van der Waals surface area (Å²) < 4.78 is 0. The van der Waals surface area contributed by atoms with Crippen LogP contribution in [0.1, 0.15) is 26.3 Å². The van der Waals surface area contributed by atoms with Crippen LogP contribution < -0.4 is 0 Å². The lowest BCUT2D eigenvalue weighted by atomic mass is 10.0. The van der Waals surface area contributed by atoms with E-state index in [9.17, 15) is 9.90 Å². The molecule has 4 heteroatoms. The van der Waals surface area contributed by atoms with E-state index < -0.39 is 0 Å². The third kappa shape index (κ3) is 3.51. The summed E-state index contributed by atoms with van der Waals surface area (Å²) in [5, 5.41) is 9.73. The van der Waals surface area contributed by atoms with E-state index >= 15 is 0 Å². The van der Waals surface area contributed by atoms with Crippen molar-refractivity contribution in [3.8, 4) is 5.75 Å². The SMILES string of the molecule is CC(C)(C)N1CCN(C(=O)Cc2ccccc2O)CC1. The Kier molecular flexibility index (Phi) is 4.33. The van der Waals surface area contributed by atoms with Crippen molar-refractivity contribution in [3.05, 3.63) is 29.8 Å². The number of rotatable bonds is 2. The summed E-state index contributed by atoms with van der Waals surface area (Å²) in [6.45, 7) is 9.96. The fraction of sp³-hybridized carbons (Fsp3) is 0.562. The molecular formula is C16H24N2O2. The average molecular weight is 276 g/mol. The second kappa shape index (κ2) is 5.83. The number of hydrogen-bond donors (Lipinski definition) is 1. The van der Waals surface area contributed by atoms with Gasteiger partial charge >= 0.3 is 0 Å². The number of carbonyl (C=O) groups is 1. The van der Waals surface area contributed by atoms with Gasteiger partial charge in [-0.3, -0.25) is 9.69 Å². The van der Waals surface area contributed by atoms with Gasteiger partial charge in [0.1, 0.15) is 5.75 Å². The van der Waals surface area contributed by atoms with E-state index in [1.165, 1.54) is 0 Å². The number of benzene rings is 1.